The van der Waals surface area contributed by atoms with E-state index in [9.17, 15) is 9.59 Å². The van der Waals surface area contributed by atoms with Crippen LogP contribution in [0.4, 0.5) is 0 Å². The molecular weight excluding hydrogens is 424 g/mol. The van der Waals surface area contributed by atoms with Gasteiger partial charge < -0.3 is 20.5 Å². The number of carbonyl (C=O) groups is 2. The number of hydrogen-bond acceptors (Lipinski definition) is 3. The van der Waals surface area contributed by atoms with Crippen molar-refractivity contribution < 1.29 is 9.59 Å². The van der Waals surface area contributed by atoms with Gasteiger partial charge in [-0.15, -0.1) is 0 Å². The molecule has 0 radical (unpaired) electrons. The molecule has 0 bridgehead atoms. The molecule has 1 aromatic heterocycles. The average molecular weight is 461 g/mol. The van der Waals surface area contributed by atoms with Crippen molar-refractivity contribution in [3.63, 3.8) is 0 Å². The zero-order valence-electron chi connectivity index (χ0n) is 20.7. The minimum absolute atomic E-state index is 0.129. The molecule has 1 unspecified atom stereocenters. The van der Waals surface area contributed by atoms with E-state index in [0.29, 0.717) is 24.6 Å². The normalized spacial score (nSPS) is 14.4. The van der Waals surface area contributed by atoms with Crippen LogP contribution in [0.5, 0.6) is 0 Å². The summed E-state index contributed by atoms with van der Waals surface area (Å²) >= 11 is 0. The summed E-state index contributed by atoms with van der Waals surface area (Å²) in [5.74, 6) is 0.334. The van der Waals surface area contributed by atoms with Crippen molar-refractivity contribution in [1.82, 2.24) is 20.5 Å². The number of fused-ring (bicyclic) bond motifs is 1. The molecule has 1 fully saturated rings. The summed E-state index contributed by atoms with van der Waals surface area (Å²) in [7, 11) is 4.09. The Morgan fingerprint density at radius 3 is 2.44 bits per heavy atom. The number of carbonyl (C=O) groups excluding carboxylic acids is 2. The lowest BCUT2D eigenvalue weighted by molar-refractivity contribution is -0.123. The van der Waals surface area contributed by atoms with E-state index in [2.05, 4.69) is 32.7 Å². The first-order valence-corrected chi connectivity index (χ1v) is 12.2. The van der Waals surface area contributed by atoms with Crippen molar-refractivity contribution in [2.45, 2.75) is 58.7 Å². The fourth-order valence-electron chi connectivity index (χ4n) is 4.43. The van der Waals surface area contributed by atoms with Gasteiger partial charge in [-0.1, -0.05) is 49.2 Å². The number of nitrogens with one attached hydrogen (secondary N) is 3. The van der Waals surface area contributed by atoms with Gasteiger partial charge in [0, 0.05) is 24.0 Å². The summed E-state index contributed by atoms with van der Waals surface area (Å²) < 4.78 is 0. The van der Waals surface area contributed by atoms with Gasteiger partial charge in [-0.25, -0.2) is 0 Å². The van der Waals surface area contributed by atoms with Gasteiger partial charge in [-0.3, -0.25) is 9.59 Å². The van der Waals surface area contributed by atoms with Gasteiger partial charge in [0.25, 0.3) is 5.91 Å². The van der Waals surface area contributed by atoms with Crippen LogP contribution >= 0.6 is 0 Å². The van der Waals surface area contributed by atoms with Gasteiger partial charge in [0.2, 0.25) is 5.91 Å². The van der Waals surface area contributed by atoms with Crippen LogP contribution in [0, 0.1) is 19.8 Å². The maximum atomic E-state index is 13.2. The van der Waals surface area contributed by atoms with Crippen molar-refractivity contribution in [1.29, 1.82) is 0 Å². The zero-order chi connectivity index (χ0) is 24.2. The van der Waals surface area contributed by atoms with Crippen LogP contribution in [-0.2, 0) is 17.9 Å². The van der Waals surface area contributed by atoms with E-state index in [-0.39, 0.29) is 11.8 Å². The number of benzene rings is 2. The van der Waals surface area contributed by atoms with E-state index in [0.717, 1.165) is 40.6 Å². The van der Waals surface area contributed by atoms with E-state index in [4.69, 9.17) is 0 Å². The Bertz CT molecular complexity index is 1160. The molecule has 1 aliphatic rings. The predicted molar refractivity (Wildman–Crippen MR) is 137 cm³/mol. The van der Waals surface area contributed by atoms with Gasteiger partial charge >= 0.3 is 0 Å². The van der Waals surface area contributed by atoms with Gasteiger partial charge in [0.1, 0.15) is 11.7 Å². The summed E-state index contributed by atoms with van der Waals surface area (Å²) in [4.78, 5) is 31.6. The molecule has 1 saturated carbocycles. The highest BCUT2D eigenvalue weighted by molar-refractivity contribution is 6.02. The highest BCUT2D eigenvalue weighted by Gasteiger charge is 2.27. The molecule has 3 N–H and O–H groups in total. The Labute approximate surface area is 202 Å². The SMILES string of the molecule is Cc1ccc2c(C)c(C(=O)NC(CCC3CC3)C(=O)NCc3ccc(CN(C)C)cc3)[nH]c2c1. The number of rotatable bonds is 10. The first-order valence-electron chi connectivity index (χ1n) is 12.2. The quantitative estimate of drug-likeness (QED) is 0.418. The third-order valence-corrected chi connectivity index (χ3v) is 6.61. The molecule has 1 atom stereocenters. The van der Waals surface area contributed by atoms with Crippen molar-refractivity contribution in [2.75, 3.05) is 14.1 Å². The maximum Gasteiger partial charge on any atom is 0.268 e. The summed E-state index contributed by atoms with van der Waals surface area (Å²) in [6.45, 7) is 5.31. The molecule has 1 aliphatic carbocycles. The molecule has 6 nitrogen and oxygen atoms in total. The monoisotopic (exact) mass is 460 g/mol. The molecule has 6 heteroatoms. The Morgan fingerprint density at radius 1 is 1.06 bits per heavy atom. The molecule has 0 aliphatic heterocycles. The van der Waals surface area contributed by atoms with Gasteiger partial charge in [-0.2, -0.15) is 0 Å². The van der Waals surface area contributed by atoms with Crippen LogP contribution in [0.3, 0.4) is 0 Å². The highest BCUT2D eigenvalue weighted by Crippen LogP contribution is 2.34. The van der Waals surface area contributed by atoms with Crippen LogP contribution in [0.2, 0.25) is 0 Å². The second-order valence-electron chi connectivity index (χ2n) is 9.99. The summed E-state index contributed by atoms with van der Waals surface area (Å²) in [5.41, 5.74) is 5.80. The molecule has 0 spiro atoms. The van der Waals surface area contributed by atoms with E-state index >= 15 is 0 Å². The number of aromatic nitrogens is 1. The summed E-state index contributed by atoms with van der Waals surface area (Å²) in [6, 6.07) is 13.9. The minimum Gasteiger partial charge on any atom is -0.350 e. The number of nitrogens with zero attached hydrogens (tertiary/aromatic N) is 1. The highest BCUT2D eigenvalue weighted by atomic mass is 16.2. The fraction of sp³-hybridized carbons (Fsp3) is 0.429. The lowest BCUT2D eigenvalue weighted by atomic mass is 10.1. The standard InChI is InChI=1S/C28H36N4O2/c1-18-5-13-23-19(2)26(30-25(23)15-18)28(34)31-24(14-12-20-6-7-20)27(33)29-16-21-8-10-22(11-9-21)17-32(3)4/h5,8-11,13,15,20,24,30H,6-7,12,14,16-17H2,1-4H3,(H,29,33)(H,31,34). The molecule has 4 rings (SSSR count). The van der Waals surface area contributed by atoms with Crippen molar-refractivity contribution in [2.24, 2.45) is 5.92 Å². The molecule has 34 heavy (non-hydrogen) atoms. The average Bonchev–Trinajstić information content (AvgIpc) is 3.57. The zero-order valence-corrected chi connectivity index (χ0v) is 20.7. The molecule has 1 heterocycles. The second-order valence-corrected chi connectivity index (χ2v) is 9.99. The van der Waals surface area contributed by atoms with Crippen LogP contribution in [0.1, 0.15) is 58.4 Å². The largest absolute Gasteiger partial charge is 0.350 e. The van der Waals surface area contributed by atoms with Gasteiger partial charge in [0.05, 0.1) is 0 Å². The third kappa shape index (κ3) is 6.06. The van der Waals surface area contributed by atoms with E-state index in [1.165, 1.54) is 18.4 Å². The fourth-order valence-corrected chi connectivity index (χ4v) is 4.43. The van der Waals surface area contributed by atoms with Crippen LogP contribution < -0.4 is 10.6 Å². The van der Waals surface area contributed by atoms with Gasteiger partial charge in [0.15, 0.2) is 0 Å². The van der Waals surface area contributed by atoms with E-state index < -0.39 is 6.04 Å². The van der Waals surface area contributed by atoms with Crippen molar-refractivity contribution >= 4 is 22.7 Å². The predicted octanol–water partition coefficient (Wildman–Crippen LogP) is 4.45. The Hall–Kier alpha value is -3.12. The van der Waals surface area contributed by atoms with Crippen LogP contribution in [0.25, 0.3) is 10.9 Å². The first kappa shape index (κ1) is 24.0. The molecule has 3 aromatic rings. The molecule has 2 aromatic carbocycles. The number of H-pyrrole nitrogens is 1. The van der Waals surface area contributed by atoms with Gasteiger partial charge in [-0.05, 0) is 75.0 Å². The Balaban J connectivity index is 1.42. The lowest BCUT2D eigenvalue weighted by Crippen LogP contribution is -2.46. The molecule has 2 amide bonds. The molecular formula is C28H36N4O2. The topological polar surface area (TPSA) is 77.2 Å². The number of aromatic amines is 1. The van der Waals surface area contributed by atoms with Crippen molar-refractivity contribution in [3.05, 3.63) is 70.4 Å². The van der Waals surface area contributed by atoms with Crippen molar-refractivity contribution in [3.8, 4) is 0 Å². The Kier molecular flexibility index (Phi) is 7.37. The first-order chi connectivity index (χ1) is 16.3. The molecule has 180 valence electrons. The second kappa shape index (κ2) is 10.4. The number of aryl methyl sites for hydroxylation is 2. The van der Waals surface area contributed by atoms with E-state index in [1.807, 2.05) is 58.3 Å². The summed E-state index contributed by atoms with van der Waals surface area (Å²) in [6.07, 6.45) is 4.06. The number of hydrogen-bond donors (Lipinski definition) is 3. The number of amides is 2. The Morgan fingerprint density at radius 2 is 1.76 bits per heavy atom. The third-order valence-electron chi connectivity index (χ3n) is 6.61. The van der Waals surface area contributed by atoms with E-state index in [1.54, 1.807) is 0 Å². The summed E-state index contributed by atoms with van der Waals surface area (Å²) in [5, 5.41) is 7.08. The smallest absolute Gasteiger partial charge is 0.268 e. The van der Waals surface area contributed by atoms with Crippen LogP contribution in [0.15, 0.2) is 42.5 Å². The maximum absolute atomic E-state index is 13.2. The minimum atomic E-state index is -0.548. The molecule has 0 saturated heterocycles. The van der Waals surface area contributed by atoms with Crippen LogP contribution in [-0.4, -0.2) is 41.8 Å². The lowest BCUT2D eigenvalue weighted by Gasteiger charge is -2.19.